The Hall–Kier alpha value is -2.94. The Balaban J connectivity index is 2.26. The van der Waals surface area contributed by atoms with Gasteiger partial charge in [-0.1, -0.05) is 60.7 Å². The molecule has 0 unspecified atom stereocenters. The van der Waals surface area contributed by atoms with Crippen LogP contribution in [0.5, 0.6) is 0 Å². The van der Waals surface area contributed by atoms with Crippen molar-refractivity contribution in [2.45, 2.75) is 6.92 Å². The minimum Gasteiger partial charge on any atom is -0.366 e. The van der Waals surface area contributed by atoms with Crippen molar-refractivity contribution in [1.29, 1.82) is 0 Å². The number of pyridine rings is 1. The van der Waals surface area contributed by atoms with Gasteiger partial charge in [0.25, 0.3) is 5.91 Å². The zero-order valence-electron chi connectivity index (χ0n) is 12.3. The second kappa shape index (κ2) is 5.82. The third-order valence-electron chi connectivity index (χ3n) is 3.60. The lowest BCUT2D eigenvalue weighted by molar-refractivity contribution is 0.1000. The molecule has 1 amide bonds. The Morgan fingerprint density at radius 3 is 2.00 bits per heavy atom. The summed E-state index contributed by atoms with van der Waals surface area (Å²) in [5.41, 5.74) is 10.3. The maximum atomic E-state index is 11.8. The predicted molar refractivity (Wildman–Crippen MR) is 88.4 cm³/mol. The van der Waals surface area contributed by atoms with E-state index in [1.807, 2.05) is 73.7 Å². The van der Waals surface area contributed by atoms with Crippen molar-refractivity contribution >= 4 is 5.91 Å². The van der Waals surface area contributed by atoms with E-state index in [-0.39, 0.29) is 0 Å². The molecule has 2 N–H and O–H groups in total. The van der Waals surface area contributed by atoms with Gasteiger partial charge < -0.3 is 5.73 Å². The van der Waals surface area contributed by atoms with Crippen molar-refractivity contribution < 1.29 is 4.79 Å². The van der Waals surface area contributed by atoms with Crippen LogP contribution in [0.3, 0.4) is 0 Å². The van der Waals surface area contributed by atoms with Gasteiger partial charge in [0, 0.05) is 5.56 Å². The van der Waals surface area contributed by atoms with Crippen LogP contribution in [0, 0.1) is 6.92 Å². The maximum absolute atomic E-state index is 11.8. The summed E-state index contributed by atoms with van der Waals surface area (Å²) in [4.78, 5) is 16.4. The van der Waals surface area contributed by atoms with Gasteiger partial charge in [0.2, 0.25) is 0 Å². The molecule has 22 heavy (non-hydrogen) atoms. The van der Waals surface area contributed by atoms with E-state index >= 15 is 0 Å². The lowest BCUT2D eigenvalue weighted by Crippen LogP contribution is -2.15. The highest BCUT2D eigenvalue weighted by Crippen LogP contribution is 2.29. The molecule has 0 saturated carbocycles. The summed E-state index contributed by atoms with van der Waals surface area (Å²) in [6.07, 6.45) is 0. The van der Waals surface area contributed by atoms with Crippen molar-refractivity contribution in [1.82, 2.24) is 4.98 Å². The van der Waals surface area contributed by atoms with Crippen LogP contribution in [0.4, 0.5) is 0 Å². The highest BCUT2D eigenvalue weighted by atomic mass is 16.1. The van der Waals surface area contributed by atoms with Gasteiger partial charge in [0.05, 0.1) is 17.0 Å². The molecule has 1 heterocycles. The summed E-state index contributed by atoms with van der Waals surface area (Å²) >= 11 is 0. The van der Waals surface area contributed by atoms with Crippen molar-refractivity contribution in [3.63, 3.8) is 0 Å². The van der Waals surface area contributed by atoms with Gasteiger partial charge in [0.1, 0.15) is 0 Å². The number of nitrogens with zero attached hydrogens (tertiary/aromatic N) is 1. The van der Waals surface area contributed by atoms with E-state index in [0.717, 1.165) is 22.4 Å². The maximum Gasteiger partial charge on any atom is 0.251 e. The fourth-order valence-electron chi connectivity index (χ4n) is 2.59. The number of rotatable bonds is 3. The number of carbonyl (C=O) groups is 1. The molecule has 3 rings (SSSR count). The number of aromatic nitrogens is 1. The zero-order valence-corrected chi connectivity index (χ0v) is 12.3. The topological polar surface area (TPSA) is 56.0 Å². The number of aryl methyl sites for hydroxylation is 1. The fraction of sp³-hybridized carbons (Fsp3) is 0.0526. The number of hydrogen-bond donors (Lipinski definition) is 1. The van der Waals surface area contributed by atoms with Gasteiger partial charge in [-0.15, -0.1) is 0 Å². The van der Waals surface area contributed by atoms with Crippen LogP contribution in [-0.4, -0.2) is 10.9 Å². The first-order valence-electron chi connectivity index (χ1n) is 7.09. The second-order valence-corrected chi connectivity index (χ2v) is 5.11. The van der Waals surface area contributed by atoms with Gasteiger partial charge in [-0.05, 0) is 24.1 Å². The molecular weight excluding hydrogens is 272 g/mol. The number of primary amides is 1. The van der Waals surface area contributed by atoms with E-state index in [2.05, 4.69) is 4.98 Å². The summed E-state index contributed by atoms with van der Waals surface area (Å²) in [7, 11) is 0. The zero-order chi connectivity index (χ0) is 15.5. The van der Waals surface area contributed by atoms with Crippen molar-refractivity contribution in [2.24, 2.45) is 5.73 Å². The number of amides is 1. The number of carbonyl (C=O) groups excluding carboxylic acids is 1. The van der Waals surface area contributed by atoms with E-state index in [1.165, 1.54) is 0 Å². The Labute approximate surface area is 129 Å². The van der Waals surface area contributed by atoms with Gasteiger partial charge in [-0.2, -0.15) is 0 Å². The summed E-state index contributed by atoms with van der Waals surface area (Å²) < 4.78 is 0. The van der Waals surface area contributed by atoms with Gasteiger partial charge in [0.15, 0.2) is 0 Å². The minimum atomic E-state index is -0.455. The molecule has 0 aliphatic carbocycles. The van der Waals surface area contributed by atoms with E-state index < -0.39 is 5.91 Å². The Morgan fingerprint density at radius 2 is 1.45 bits per heavy atom. The predicted octanol–water partition coefficient (Wildman–Crippen LogP) is 3.82. The Bertz CT molecular complexity index is 812. The number of hydrogen-bond acceptors (Lipinski definition) is 2. The molecule has 1 aromatic heterocycles. The van der Waals surface area contributed by atoms with Gasteiger partial charge >= 0.3 is 0 Å². The lowest BCUT2D eigenvalue weighted by atomic mass is 9.96. The van der Waals surface area contributed by atoms with Crippen LogP contribution in [-0.2, 0) is 0 Å². The van der Waals surface area contributed by atoms with Crippen molar-refractivity contribution in [3.8, 4) is 22.4 Å². The van der Waals surface area contributed by atoms with Crippen LogP contribution in [0.15, 0.2) is 66.7 Å². The van der Waals surface area contributed by atoms with Crippen LogP contribution in [0.1, 0.15) is 16.1 Å². The van der Waals surface area contributed by atoms with Gasteiger partial charge in [-0.25, -0.2) is 0 Å². The summed E-state index contributed by atoms with van der Waals surface area (Å²) in [5, 5.41) is 0. The minimum absolute atomic E-state index is 0.455. The summed E-state index contributed by atoms with van der Waals surface area (Å²) in [6.45, 7) is 1.82. The molecular formula is C19H16N2O. The Kier molecular flexibility index (Phi) is 3.71. The number of nitrogens with two attached hydrogens (primary N) is 1. The SMILES string of the molecule is Cc1nc(-c2ccccc2)cc(-c2ccccc2)c1C(N)=O. The van der Waals surface area contributed by atoms with E-state index in [1.54, 1.807) is 0 Å². The highest BCUT2D eigenvalue weighted by Gasteiger charge is 2.16. The molecule has 0 atom stereocenters. The quantitative estimate of drug-likeness (QED) is 0.796. The number of benzene rings is 2. The van der Waals surface area contributed by atoms with E-state index in [4.69, 9.17) is 5.73 Å². The molecule has 2 aromatic carbocycles. The third-order valence-corrected chi connectivity index (χ3v) is 3.60. The standard InChI is InChI=1S/C19H16N2O/c1-13-18(19(20)22)16(14-8-4-2-5-9-14)12-17(21-13)15-10-6-3-7-11-15/h2-12H,1H3,(H2,20,22). The first-order chi connectivity index (χ1) is 10.7. The average molecular weight is 288 g/mol. The third kappa shape index (κ3) is 2.61. The molecule has 0 aliphatic rings. The first kappa shape index (κ1) is 14.0. The molecule has 0 aliphatic heterocycles. The second-order valence-electron chi connectivity index (χ2n) is 5.11. The molecule has 108 valence electrons. The molecule has 0 spiro atoms. The van der Waals surface area contributed by atoms with E-state index in [0.29, 0.717) is 11.3 Å². The molecule has 3 aromatic rings. The molecule has 0 bridgehead atoms. The van der Waals surface area contributed by atoms with Crippen molar-refractivity contribution in [3.05, 3.63) is 78.0 Å². The van der Waals surface area contributed by atoms with Crippen LogP contribution < -0.4 is 5.73 Å². The van der Waals surface area contributed by atoms with E-state index in [9.17, 15) is 4.79 Å². The molecule has 3 heteroatoms. The largest absolute Gasteiger partial charge is 0.366 e. The fourth-order valence-corrected chi connectivity index (χ4v) is 2.59. The van der Waals surface area contributed by atoms with Crippen LogP contribution in [0.2, 0.25) is 0 Å². The normalized spacial score (nSPS) is 10.4. The molecule has 0 saturated heterocycles. The molecule has 3 nitrogen and oxygen atoms in total. The highest BCUT2D eigenvalue weighted by molar-refractivity contribution is 6.01. The summed E-state index contributed by atoms with van der Waals surface area (Å²) in [5.74, 6) is -0.455. The summed E-state index contributed by atoms with van der Waals surface area (Å²) in [6, 6.07) is 21.6. The molecule has 0 fully saturated rings. The van der Waals surface area contributed by atoms with Crippen LogP contribution >= 0.6 is 0 Å². The monoisotopic (exact) mass is 288 g/mol. The van der Waals surface area contributed by atoms with Crippen LogP contribution in [0.25, 0.3) is 22.4 Å². The lowest BCUT2D eigenvalue weighted by Gasteiger charge is -2.12. The Morgan fingerprint density at radius 1 is 0.909 bits per heavy atom. The van der Waals surface area contributed by atoms with Gasteiger partial charge in [-0.3, -0.25) is 9.78 Å². The van der Waals surface area contributed by atoms with Crippen molar-refractivity contribution in [2.75, 3.05) is 0 Å². The average Bonchev–Trinajstić information content (AvgIpc) is 2.55. The first-order valence-corrected chi connectivity index (χ1v) is 7.09. The molecule has 0 radical (unpaired) electrons. The smallest absolute Gasteiger partial charge is 0.251 e.